The minimum absolute atomic E-state index is 0.0830. The average molecular weight is 472 g/mol. The van der Waals surface area contributed by atoms with Crippen LogP contribution in [0.4, 0.5) is 0 Å². The summed E-state index contributed by atoms with van der Waals surface area (Å²) in [5.74, 6) is 2.18. The molecule has 1 saturated carbocycles. The van der Waals surface area contributed by atoms with E-state index in [0.717, 1.165) is 73.8 Å². The molecule has 0 bridgehead atoms. The number of fused-ring (bicyclic) bond motifs is 1. The Bertz CT molecular complexity index is 823. The fourth-order valence-electron chi connectivity index (χ4n) is 6.59. The molecule has 4 rings (SSSR count). The number of hydrogen-bond donors (Lipinski definition) is 2. The van der Waals surface area contributed by atoms with E-state index >= 15 is 0 Å². The molecule has 0 amide bonds. The molecule has 0 aromatic rings. The maximum absolute atomic E-state index is 13.7. The number of aliphatic hydroxyl groups is 1. The van der Waals surface area contributed by atoms with Gasteiger partial charge in [0.05, 0.1) is 12.1 Å². The number of allylic oxidation sites excluding steroid dienone is 3. The summed E-state index contributed by atoms with van der Waals surface area (Å²) >= 11 is 6.20. The van der Waals surface area contributed by atoms with Crippen molar-refractivity contribution < 1.29 is 9.90 Å². The number of carbonyl (C=O) groups is 1. The van der Waals surface area contributed by atoms with Crippen molar-refractivity contribution >= 4 is 17.4 Å². The van der Waals surface area contributed by atoms with Gasteiger partial charge >= 0.3 is 0 Å². The standard InChI is InChI=1S/C29H42ClNO2/c1-19(2)26(18-28(32)25-16-17-31-27-9-4-3-8-24(25)27)29(33)22-7-5-6-20(10-11-22)21-12-14-23(30)15-13-21/h3,8,14,16-17,19-22,26-28,31-32H,4-7,9-13,15,18H2,1-2H3/t20?,21?,22?,26-,27?,28?/m1/s1. The Balaban J connectivity index is 1.40. The number of dihydropyridines is 1. The summed E-state index contributed by atoms with van der Waals surface area (Å²) in [4.78, 5) is 13.7. The summed E-state index contributed by atoms with van der Waals surface area (Å²) in [7, 11) is 0. The first kappa shape index (κ1) is 24.8. The van der Waals surface area contributed by atoms with Crippen molar-refractivity contribution in [1.29, 1.82) is 0 Å². The van der Waals surface area contributed by atoms with Crippen molar-refractivity contribution in [3.05, 3.63) is 46.7 Å². The quantitative estimate of drug-likeness (QED) is 0.400. The molecule has 0 radical (unpaired) electrons. The molecule has 3 aliphatic carbocycles. The first-order valence-corrected chi connectivity index (χ1v) is 13.7. The molecule has 33 heavy (non-hydrogen) atoms. The molecule has 4 aliphatic rings. The minimum Gasteiger partial charge on any atom is -0.388 e. The van der Waals surface area contributed by atoms with E-state index in [2.05, 4.69) is 37.4 Å². The molecule has 1 fully saturated rings. The Morgan fingerprint density at radius 3 is 2.73 bits per heavy atom. The van der Waals surface area contributed by atoms with Gasteiger partial charge in [0.15, 0.2) is 0 Å². The van der Waals surface area contributed by atoms with E-state index in [1.54, 1.807) is 0 Å². The molecule has 0 aromatic heterocycles. The highest BCUT2D eigenvalue weighted by Crippen LogP contribution is 2.40. The molecule has 182 valence electrons. The fraction of sp³-hybridized carbons (Fsp3) is 0.690. The molecule has 0 spiro atoms. The van der Waals surface area contributed by atoms with Crippen LogP contribution in [0.2, 0.25) is 0 Å². The van der Waals surface area contributed by atoms with Crippen LogP contribution in [-0.4, -0.2) is 23.0 Å². The molecule has 5 unspecified atom stereocenters. The predicted octanol–water partition coefficient (Wildman–Crippen LogP) is 6.83. The van der Waals surface area contributed by atoms with Crippen molar-refractivity contribution in [2.75, 3.05) is 0 Å². The van der Waals surface area contributed by atoms with Gasteiger partial charge in [0.25, 0.3) is 0 Å². The molecule has 6 atom stereocenters. The van der Waals surface area contributed by atoms with E-state index in [0.29, 0.717) is 18.2 Å². The molecule has 4 heteroatoms. The van der Waals surface area contributed by atoms with Crippen molar-refractivity contribution in [2.45, 2.75) is 96.6 Å². The second-order valence-electron chi connectivity index (χ2n) is 11.1. The lowest BCUT2D eigenvalue weighted by molar-refractivity contribution is -0.129. The van der Waals surface area contributed by atoms with Crippen LogP contribution < -0.4 is 5.32 Å². The number of carbonyl (C=O) groups excluding carboxylic acids is 1. The fourth-order valence-corrected chi connectivity index (χ4v) is 6.79. The van der Waals surface area contributed by atoms with E-state index in [1.165, 1.54) is 18.4 Å². The lowest BCUT2D eigenvalue weighted by Gasteiger charge is -2.32. The van der Waals surface area contributed by atoms with Gasteiger partial charge in [0, 0.05) is 16.9 Å². The summed E-state index contributed by atoms with van der Waals surface area (Å²) < 4.78 is 0. The lowest BCUT2D eigenvalue weighted by Crippen LogP contribution is -2.35. The van der Waals surface area contributed by atoms with Crippen LogP contribution in [0.25, 0.3) is 0 Å². The molecule has 2 N–H and O–H groups in total. The number of nitrogens with one attached hydrogen (secondary N) is 1. The Kier molecular flexibility index (Phi) is 8.57. The number of ketones is 1. The summed E-state index contributed by atoms with van der Waals surface area (Å²) in [6.07, 6.45) is 21.6. The first-order chi connectivity index (χ1) is 15.9. The highest BCUT2D eigenvalue weighted by molar-refractivity contribution is 6.29. The zero-order valence-electron chi connectivity index (χ0n) is 20.4. The molecule has 0 aromatic carbocycles. The van der Waals surface area contributed by atoms with Crippen LogP contribution in [0.1, 0.15) is 84.5 Å². The molecule has 1 heterocycles. The smallest absolute Gasteiger partial charge is 0.139 e. The van der Waals surface area contributed by atoms with Gasteiger partial charge in [-0.05, 0) is 99.0 Å². The maximum Gasteiger partial charge on any atom is 0.139 e. The van der Waals surface area contributed by atoms with E-state index in [1.807, 2.05) is 12.3 Å². The Hall–Kier alpha value is -1.32. The van der Waals surface area contributed by atoms with Gasteiger partial charge < -0.3 is 10.4 Å². The lowest BCUT2D eigenvalue weighted by atomic mass is 9.76. The highest BCUT2D eigenvalue weighted by atomic mass is 35.5. The van der Waals surface area contributed by atoms with Gasteiger partial charge in [-0.15, -0.1) is 0 Å². The Labute approximate surface area is 205 Å². The summed E-state index contributed by atoms with van der Waals surface area (Å²) in [6, 6.07) is 0.293. The largest absolute Gasteiger partial charge is 0.388 e. The third kappa shape index (κ3) is 6.03. The number of aliphatic hydroxyl groups excluding tert-OH is 1. The number of Topliss-reactive ketones (excluding diaryl/α,β-unsaturated/α-hetero) is 1. The van der Waals surface area contributed by atoms with E-state index in [-0.39, 0.29) is 17.8 Å². The van der Waals surface area contributed by atoms with Crippen molar-refractivity contribution in [3.8, 4) is 0 Å². The van der Waals surface area contributed by atoms with Crippen LogP contribution in [0.3, 0.4) is 0 Å². The molecule has 3 nitrogen and oxygen atoms in total. The zero-order chi connectivity index (χ0) is 23.4. The van der Waals surface area contributed by atoms with Gasteiger partial charge in [-0.3, -0.25) is 4.79 Å². The molecular formula is C29H42ClNO2. The van der Waals surface area contributed by atoms with E-state index < -0.39 is 6.10 Å². The topological polar surface area (TPSA) is 49.3 Å². The SMILES string of the molecule is CC(C)[C@@H](CC(O)C1=C2C=CCCC2NC=C1)C(=O)C1CCCC(C2CC=C(Cl)CC2)CC1. The van der Waals surface area contributed by atoms with E-state index in [4.69, 9.17) is 11.6 Å². The van der Waals surface area contributed by atoms with Crippen molar-refractivity contribution in [1.82, 2.24) is 5.32 Å². The second-order valence-corrected chi connectivity index (χ2v) is 11.6. The van der Waals surface area contributed by atoms with Crippen LogP contribution in [-0.2, 0) is 4.79 Å². The molecule has 0 saturated heterocycles. The van der Waals surface area contributed by atoms with Crippen molar-refractivity contribution in [2.24, 2.45) is 29.6 Å². The monoisotopic (exact) mass is 471 g/mol. The molecule has 1 aliphatic heterocycles. The van der Waals surface area contributed by atoms with Gasteiger partial charge in [0.2, 0.25) is 0 Å². The van der Waals surface area contributed by atoms with Gasteiger partial charge in [-0.1, -0.05) is 56.5 Å². The number of rotatable bonds is 7. The van der Waals surface area contributed by atoms with Gasteiger partial charge in [-0.2, -0.15) is 0 Å². The first-order valence-electron chi connectivity index (χ1n) is 13.3. The average Bonchev–Trinajstić information content (AvgIpc) is 3.08. The van der Waals surface area contributed by atoms with Crippen LogP contribution in [0, 0.1) is 29.6 Å². The summed E-state index contributed by atoms with van der Waals surface area (Å²) in [5.41, 5.74) is 2.20. The Morgan fingerprint density at radius 1 is 1.12 bits per heavy atom. The summed E-state index contributed by atoms with van der Waals surface area (Å²) in [5, 5.41) is 15.7. The van der Waals surface area contributed by atoms with Crippen LogP contribution in [0.5, 0.6) is 0 Å². The maximum atomic E-state index is 13.7. The normalized spacial score (nSPS) is 32.0. The Morgan fingerprint density at radius 2 is 1.97 bits per heavy atom. The number of hydrogen-bond acceptors (Lipinski definition) is 3. The van der Waals surface area contributed by atoms with Crippen molar-refractivity contribution in [3.63, 3.8) is 0 Å². The van der Waals surface area contributed by atoms with E-state index in [9.17, 15) is 9.90 Å². The summed E-state index contributed by atoms with van der Waals surface area (Å²) in [6.45, 7) is 4.29. The second kappa shape index (κ2) is 11.4. The van der Waals surface area contributed by atoms with Gasteiger partial charge in [-0.25, -0.2) is 0 Å². The predicted molar refractivity (Wildman–Crippen MR) is 137 cm³/mol. The third-order valence-corrected chi connectivity index (χ3v) is 9.02. The minimum atomic E-state index is -0.586. The van der Waals surface area contributed by atoms with Gasteiger partial charge in [0.1, 0.15) is 5.78 Å². The van der Waals surface area contributed by atoms with Crippen LogP contribution in [0.15, 0.2) is 46.7 Å². The third-order valence-electron chi connectivity index (χ3n) is 8.67. The number of halogens is 1. The zero-order valence-corrected chi connectivity index (χ0v) is 21.2. The highest BCUT2D eigenvalue weighted by Gasteiger charge is 2.35. The van der Waals surface area contributed by atoms with Crippen LogP contribution >= 0.6 is 11.6 Å². The molecular weight excluding hydrogens is 430 g/mol.